The molecular weight excluding hydrogens is 458 g/mol. The van der Waals surface area contributed by atoms with Crippen molar-refractivity contribution in [3.8, 4) is 17.2 Å². The molecule has 1 aromatic heterocycles. The summed E-state index contributed by atoms with van der Waals surface area (Å²) >= 11 is 0. The zero-order valence-electron chi connectivity index (χ0n) is 21.0. The van der Waals surface area contributed by atoms with Crippen molar-refractivity contribution in [2.45, 2.75) is 13.5 Å². The molecule has 0 bridgehead atoms. The second-order valence-corrected chi connectivity index (χ2v) is 9.67. The molecule has 3 aliphatic heterocycles. The van der Waals surface area contributed by atoms with Crippen LogP contribution in [0.4, 0.5) is 0 Å². The highest BCUT2D eigenvalue weighted by atomic mass is 16.5. The third kappa shape index (κ3) is 4.05. The van der Waals surface area contributed by atoms with E-state index in [4.69, 9.17) is 18.9 Å². The number of rotatable bonds is 5. The van der Waals surface area contributed by atoms with Crippen LogP contribution in [0.5, 0.6) is 17.2 Å². The summed E-state index contributed by atoms with van der Waals surface area (Å²) in [5.74, 6) is 2.46. The monoisotopic (exact) mass is 489 g/mol. The predicted octanol–water partition coefficient (Wildman–Crippen LogP) is 3.60. The van der Waals surface area contributed by atoms with Crippen LogP contribution in [0.2, 0.25) is 0 Å². The minimum Gasteiger partial charge on any atom is -0.497 e. The van der Waals surface area contributed by atoms with E-state index in [1.54, 1.807) is 7.11 Å². The number of ketones is 1. The predicted molar refractivity (Wildman–Crippen MR) is 137 cm³/mol. The normalized spacial score (nSPS) is 19.3. The summed E-state index contributed by atoms with van der Waals surface area (Å²) in [7, 11) is 3.65. The number of hydrogen-bond donors (Lipinski definition) is 0. The molecule has 1 saturated heterocycles. The smallest absolute Gasteiger partial charge is 0.232 e. The second-order valence-electron chi connectivity index (χ2n) is 9.67. The molecule has 1 fully saturated rings. The number of benzene rings is 2. The van der Waals surface area contributed by atoms with Gasteiger partial charge in [-0.3, -0.25) is 14.6 Å². The van der Waals surface area contributed by atoms with Gasteiger partial charge in [0.25, 0.3) is 0 Å². The Morgan fingerprint density at radius 2 is 1.92 bits per heavy atom. The maximum absolute atomic E-state index is 13.5. The molecule has 0 unspecified atom stereocenters. The SMILES string of the molecule is COc1ccc2c(c1)c(/C=C1\Oc3c4c(cc(C)c3C1=O)OCN(CCN1CCOCC1)C4)cn2C. The fourth-order valence-electron chi connectivity index (χ4n) is 5.31. The van der Waals surface area contributed by atoms with E-state index in [1.165, 1.54) is 0 Å². The Morgan fingerprint density at radius 3 is 2.72 bits per heavy atom. The van der Waals surface area contributed by atoms with Gasteiger partial charge in [-0.15, -0.1) is 0 Å². The van der Waals surface area contributed by atoms with E-state index in [-0.39, 0.29) is 5.78 Å². The quantitative estimate of drug-likeness (QED) is 0.508. The third-order valence-electron chi connectivity index (χ3n) is 7.34. The van der Waals surface area contributed by atoms with Gasteiger partial charge >= 0.3 is 0 Å². The number of fused-ring (bicyclic) bond motifs is 4. The number of carbonyl (C=O) groups excluding carboxylic acids is 1. The number of aromatic nitrogens is 1. The summed E-state index contributed by atoms with van der Waals surface area (Å²) in [6, 6.07) is 7.92. The van der Waals surface area contributed by atoms with Crippen LogP contribution in [-0.4, -0.2) is 73.4 Å². The number of allylic oxidation sites excluding steroid dienone is 1. The molecule has 2 aromatic carbocycles. The maximum atomic E-state index is 13.5. The van der Waals surface area contributed by atoms with Crippen molar-refractivity contribution < 1.29 is 23.7 Å². The fourth-order valence-corrected chi connectivity index (χ4v) is 5.31. The molecule has 3 aromatic rings. The van der Waals surface area contributed by atoms with Crippen molar-refractivity contribution in [3.63, 3.8) is 0 Å². The summed E-state index contributed by atoms with van der Waals surface area (Å²) < 4.78 is 25.3. The van der Waals surface area contributed by atoms with E-state index in [9.17, 15) is 4.79 Å². The van der Waals surface area contributed by atoms with E-state index in [2.05, 4.69) is 9.80 Å². The van der Waals surface area contributed by atoms with Crippen LogP contribution < -0.4 is 14.2 Å². The van der Waals surface area contributed by atoms with Crippen molar-refractivity contribution in [2.75, 3.05) is 53.2 Å². The van der Waals surface area contributed by atoms with Gasteiger partial charge in [0.1, 0.15) is 24.0 Å². The Labute approximate surface area is 210 Å². The van der Waals surface area contributed by atoms with Crippen LogP contribution in [0.1, 0.15) is 27.0 Å². The number of morpholine rings is 1. The molecule has 36 heavy (non-hydrogen) atoms. The lowest BCUT2D eigenvalue weighted by Gasteiger charge is -2.33. The Bertz CT molecular complexity index is 1370. The first-order valence-corrected chi connectivity index (χ1v) is 12.4. The zero-order chi connectivity index (χ0) is 24.8. The van der Waals surface area contributed by atoms with Crippen molar-refractivity contribution in [1.82, 2.24) is 14.4 Å². The summed E-state index contributed by atoms with van der Waals surface area (Å²) in [5.41, 5.74) is 4.43. The lowest BCUT2D eigenvalue weighted by molar-refractivity contribution is 0.0239. The Balaban J connectivity index is 1.29. The first-order chi connectivity index (χ1) is 17.5. The lowest BCUT2D eigenvalue weighted by Crippen LogP contribution is -2.43. The van der Waals surface area contributed by atoms with Crippen molar-refractivity contribution in [2.24, 2.45) is 7.05 Å². The first-order valence-electron chi connectivity index (χ1n) is 12.4. The maximum Gasteiger partial charge on any atom is 0.232 e. The molecule has 0 atom stereocenters. The number of methoxy groups -OCH3 is 1. The molecule has 8 nitrogen and oxygen atoms in total. The van der Waals surface area contributed by atoms with E-state index < -0.39 is 0 Å². The lowest BCUT2D eigenvalue weighted by atomic mass is 9.98. The fraction of sp³-hybridized carbons (Fsp3) is 0.393. The molecule has 6 rings (SSSR count). The average molecular weight is 490 g/mol. The number of carbonyl (C=O) groups is 1. The topological polar surface area (TPSA) is 65.4 Å². The molecule has 8 heteroatoms. The van der Waals surface area contributed by atoms with Gasteiger partial charge in [0.15, 0.2) is 5.76 Å². The highest BCUT2D eigenvalue weighted by Crippen LogP contribution is 2.44. The van der Waals surface area contributed by atoms with Gasteiger partial charge < -0.3 is 23.5 Å². The third-order valence-corrected chi connectivity index (χ3v) is 7.34. The summed E-state index contributed by atoms with van der Waals surface area (Å²) in [5, 5.41) is 1.01. The van der Waals surface area contributed by atoms with Gasteiger partial charge in [-0.25, -0.2) is 0 Å². The van der Waals surface area contributed by atoms with Gasteiger partial charge in [-0.1, -0.05) is 0 Å². The molecule has 0 amide bonds. The molecule has 4 heterocycles. The molecule has 0 N–H and O–H groups in total. The van der Waals surface area contributed by atoms with Gasteiger partial charge in [0.05, 0.1) is 31.5 Å². The average Bonchev–Trinajstić information content (AvgIpc) is 3.40. The highest BCUT2D eigenvalue weighted by molar-refractivity contribution is 6.16. The van der Waals surface area contributed by atoms with Crippen LogP contribution in [0.15, 0.2) is 36.2 Å². The van der Waals surface area contributed by atoms with Crippen LogP contribution >= 0.6 is 0 Å². The summed E-state index contributed by atoms with van der Waals surface area (Å²) in [4.78, 5) is 18.2. The number of aryl methyl sites for hydroxylation is 2. The van der Waals surface area contributed by atoms with Gasteiger partial charge in [-0.2, -0.15) is 0 Å². The van der Waals surface area contributed by atoms with Crippen molar-refractivity contribution in [3.05, 3.63) is 58.5 Å². The molecule has 0 spiro atoms. The minimum atomic E-state index is -0.0874. The van der Waals surface area contributed by atoms with Crippen LogP contribution in [0.3, 0.4) is 0 Å². The summed E-state index contributed by atoms with van der Waals surface area (Å²) in [6.07, 6.45) is 3.85. The van der Waals surface area contributed by atoms with Crippen LogP contribution in [-0.2, 0) is 18.3 Å². The Hall–Kier alpha value is -3.33. The van der Waals surface area contributed by atoms with Gasteiger partial charge in [0.2, 0.25) is 5.78 Å². The minimum absolute atomic E-state index is 0.0874. The largest absolute Gasteiger partial charge is 0.497 e. The number of nitrogens with zero attached hydrogens (tertiary/aromatic N) is 3. The van der Waals surface area contributed by atoms with E-state index in [1.807, 2.05) is 55.1 Å². The molecule has 0 saturated carbocycles. The number of hydrogen-bond acceptors (Lipinski definition) is 7. The van der Waals surface area contributed by atoms with Gasteiger partial charge in [0, 0.05) is 62.4 Å². The molecule has 0 radical (unpaired) electrons. The molecular formula is C28H31N3O5. The standard InChI is InChI=1S/C28H31N3O5/c1-18-12-24-22(16-31(17-35-24)7-6-30-8-10-34-11-9-30)28-26(18)27(32)25(36-28)13-19-15-29(2)23-5-4-20(33-3)14-21(19)23/h4-5,12-15H,6-11,16-17H2,1-3H3/b25-13-. The van der Waals surface area contributed by atoms with E-state index in [0.29, 0.717) is 30.3 Å². The first kappa shape index (κ1) is 23.1. The zero-order valence-corrected chi connectivity index (χ0v) is 21.0. The Morgan fingerprint density at radius 1 is 1.11 bits per heavy atom. The highest BCUT2D eigenvalue weighted by Gasteiger charge is 2.35. The van der Waals surface area contributed by atoms with Crippen molar-refractivity contribution >= 4 is 22.8 Å². The molecule has 3 aliphatic rings. The van der Waals surface area contributed by atoms with E-state index >= 15 is 0 Å². The number of Topliss-reactive ketones (excluding diaryl/α,β-unsaturated/α-hetero) is 1. The van der Waals surface area contributed by atoms with Gasteiger partial charge in [-0.05, 0) is 42.8 Å². The molecule has 0 aliphatic carbocycles. The van der Waals surface area contributed by atoms with E-state index in [0.717, 1.165) is 78.5 Å². The van der Waals surface area contributed by atoms with Crippen molar-refractivity contribution in [1.29, 1.82) is 0 Å². The second kappa shape index (κ2) is 9.28. The van der Waals surface area contributed by atoms with Crippen LogP contribution in [0.25, 0.3) is 17.0 Å². The van der Waals surface area contributed by atoms with Crippen LogP contribution in [0, 0.1) is 6.92 Å². The molecule has 188 valence electrons. The summed E-state index contributed by atoms with van der Waals surface area (Å²) in [6.45, 7) is 8.53. The Kier molecular flexibility index (Phi) is 5.95. The number of ether oxygens (including phenoxy) is 4.